The molecule has 0 N–H and O–H groups in total. The lowest BCUT2D eigenvalue weighted by Gasteiger charge is -2.27. The Labute approximate surface area is 86.3 Å². The molecule has 0 saturated heterocycles. The highest BCUT2D eigenvalue weighted by Crippen LogP contribution is 2.32. The number of rotatable bonds is 3. The largest absolute Gasteiger partial charge is 0.461 e. The Kier molecular flexibility index (Phi) is 4.18. The minimum absolute atomic E-state index is 0.213. The lowest BCUT2D eigenvalue weighted by atomic mass is 9.80. The molecule has 0 spiro atoms. The van der Waals surface area contributed by atoms with Crippen LogP contribution in [0.2, 0.25) is 0 Å². The van der Waals surface area contributed by atoms with Crippen molar-refractivity contribution in [2.45, 2.75) is 39.5 Å². The van der Waals surface area contributed by atoms with E-state index in [0.717, 1.165) is 11.5 Å². The van der Waals surface area contributed by atoms with Crippen LogP contribution in [-0.2, 0) is 9.53 Å². The summed E-state index contributed by atoms with van der Waals surface area (Å²) in [5.41, 5.74) is 1.09. The van der Waals surface area contributed by atoms with Crippen molar-refractivity contribution in [3.63, 3.8) is 0 Å². The molecule has 2 nitrogen and oxygen atoms in total. The van der Waals surface area contributed by atoms with Gasteiger partial charge in [-0.25, -0.2) is 0 Å². The van der Waals surface area contributed by atoms with E-state index in [0.29, 0.717) is 12.5 Å². The van der Waals surface area contributed by atoms with Gasteiger partial charge in [0.1, 0.15) is 6.61 Å². The fourth-order valence-electron chi connectivity index (χ4n) is 1.98. The van der Waals surface area contributed by atoms with Crippen molar-refractivity contribution >= 4 is 5.97 Å². The van der Waals surface area contributed by atoms with Crippen LogP contribution in [0.4, 0.5) is 0 Å². The van der Waals surface area contributed by atoms with Crippen LogP contribution in [0, 0.1) is 11.8 Å². The van der Waals surface area contributed by atoms with Crippen molar-refractivity contribution in [3.8, 4) is 0 Å². The highest BCUT2D eigenvalue weighted by Gasteiger charge is 2.20. The molecule has 1 aliphatic carbocycles. The molecule has 2 heteroatoms. The summed E-state index contributed by atoms with van der Waals surface area (Å²) in [7, 11) is 0. The van der Waals surface area contributed by atoms with Crippen LogP contribution in [0.1, 0.15) is 39.5 Å². The molecule has 1 aliphatic rings. The molecule has 1 rings (SSSR count). The van der Waals surface area contributed by atoms with E-state index in [9.17, 15) is 4.79 Å². The first-order valence-corrected chi connectivity index (χ1v) is 5.40. The third-order valence-electron chi connectivity index (χ3n) is 3.05. The SMILES string of the molecule is C=C(COC(C)=O)C1CCC(C)CC1. The van der Waals surface area contributed by atoms with Gasteiger partial charge in [-0.05, 0) is 30.3 Å². The van der Waals surface area contributed by atoms with Crippen LogP contribution < -0.4 is 0 Å². The first-order chi connectivity index (χ1) is 6.59. The van der Waals surface area contributed by atoms with E-state index in [1.807, 2.05) is 0 Å². The third-order valence-corrected chi connectivity index (χ3v) is 3.05. The summed E-state index contributed by atoms with van der Waals surface area (Å²) in [6.45, 7) is 8.15. The van der Waals surface area contributed by atoms with Crippen LogP contribution in [0.25, 0.3) is 0 Å². The smallest absolute Gasteiger partial charge is 0.302 e. The van der Waals surface area contributed by atoms with Crippen LogP contribution in [0.5, 0.6) is 0 Å². The van der Waals surface area contributed by atoms with E-state index in [-0.39, 0.29) is 5.97 Å². The second kappa shape index (κ2) is 5.18. The molecule has 0 unspecified atom stereocenters. The zero-order chi connectivity index (χ0) is 10.6. The number of hydrogen-bond donors (Lipinski definition) is 0. The van der Waals surface area contributed by atoms with E-state index < -0.39 is 0 Å². The van der Waals surface area contributed by atoms with Crippen molar-refractivity contribution in [1.82, 2.24) is 0 Å². The van der Waals surface area contributed by atoms with Gasteiger partial charge in [-0.2, -0.15) is 0 Å². The van der Waals surface area contributed by atoms with Gasteiger partial charge in [0.25, 0.3) is 0 Å². The summed E-state index contributed by atoms with van der Waals surface area (Å²) in [5.74, 6) is 1.22. The molecule has 0 atom stereocenters. The van der Waals surface area contributed by atoms with Crippen LogP contribution >= 0.6 is 0 Å². The minimum Gasteiger partial charge on any atom is -0.461 e. The van der Waals surface area contributed by atoms with Crippen molar-refractivity contribution in [2.24, 2.45) is 11.8 Å². The zero-order valence-corrected chi connectivity index (χ0v) is 9.21. The Morgan fingerprint density at radius 2 is 1.93 bits per heavy atom. The van der Waals surface area contributed by atoms with Gasteiger partial charge >= 0.3 is 5.97 Å². The van der Waals surface area contributed by atoms with Gasteiger partial charge in [0.15, 0.2) is 0 Å². The monoisotopic (exact) mass is 196 g/mol. The van der Waals surface area contributed by atoms with Crippen LogP contribution in [0.3, 0.4) is 0 Å². The highest BCUT2D eigenvalue weighted by atomic mass is 16.5. The molecule has 0 aliphatic heterocycles. The molecule has 14 heavy (non-hydrogen) atoms. The molecule has 0 aromatic carbocycles. The Hall–Kier alpha value is -0.790. The van der Waals surface area contributed by atoms with Gasteiger partial charge in [0.05, 0.1) is 0 Å². The average molecular weight is 196 g/mol. The summed E-state index contributed by atoms with van der Waals surface area (Å²) in [4.78, 5) is 10.6. The maximum Gasteiger partial charge on any atom is 0.302 e. The fourth-order valence-corrected chi connectivity index (χ4v) is 1.98. The molecule has 0 aromatic rings. The Balaban J connectivity index is 2.27. The van der Waals surface area contributed by atoms with Gasteiger partial charge in [0, 0.05) is 6.92 Å². The quantitative estimate of drug-likeness (QED) is 0.512. The Morgan fingerprint density at radius 1 is 1.36 bits per heavy atom. The van der Waals surface area contributed by atoms with Gasteiger partial charge < -0.3 is 4.74 Å². The number of carbonyl (C=O) groups excluding carboxylic acids is 1. The zero-order valence-electron chi connectivity index (χ0n) is 9.21. The Morgan fingerprint density at radius 3 is 2.43 bits per heavy atom. The predicted octanol–water partition coefficient (Wildman–Crippen LogP) is 2.93. The molecule has 0 bridgehead atoms. The third kappa shape index (κ3) is 3.52. The summed E-state index contributed by atoms with van der Waals surface area (Å²) >= 11 is 0. The normalized spacial score (nSPS) is 27.0. The fraction of sp³-hybridized carbons (Fsp3) is 0.750. The van der Waals surface area contributed by atoms with Crippen molar-refractivity contribution in [1.29, 1.82) is 0 Å². The second-order valence-electron chi connectivity index (χ2n) is 4.40. The van der Waals surface area contributed by atoms with Crippen molar-refractivity contribution in [3.05, 3.63) is 12.2 Å². The van der Waals surface area contributed by atoms with Crippen molar-refractivity contribution < 1.29 is 9.53 Å². The summed E-state index contributed by atoms with van der Waals surface area (Å²) < 4.78 is 4.95. The molecule has 0 amide bonds. The van der Waals surface area contributed by atoms with E-state index in [4.69, 9.17) is 4.74 Å². The molecular formula is C12H20O2. The molecule has 0 aromatic heterocycles. The topological polar surface area (TPSA) is 26.3 Å². The lowest BCUT2D eigenvalue weighted by molar-refractivity contribution is -0.140. The number of ether oxygens (including phenoxy) is 1. The highest BCUT2D eigenvalue weighted by molar-refractivity contribution is 5.66. The summed E-state index contributed by atoms with van der Waals surface area (Å²) in [6, 6.07) is 0. The summed E-state index contributed by atoms with van der Waals surface area (Å²) in [5, 5.41) is 0. The molecule has 80 valence electrons. The van der Waals surface area contributed by atoms with Gasteiger partial charge in [-0.1, -0.05) is 26.3 Å². The second-order valence-corrected chi connectivity index (χ2v) is 4.40. The lowest BCUT2D eigenvalue weighted by Crippen LogP contribution is -2.17. The van der Waals surface area contributed by atoms with E-state index in [1.54, 1.807) is 0 Å². The van der Waals surface area contributed by atoms with E-state index in [2.05, 4.69) is 13.5 Å². The maximum absolute atomic E-state index is 10.6. The Bertz CT molecular complexity index is 212. The van der Waals surface area contributed by atoms with E-state index in [1.165, 1.54) is 32.6 Å². The first-order valence-electron chi connectivity index (χ1n) is 5.40. The molecular weight excluding hydrogens is 176 g/mol. The first kappa shape index (κ1) is 11.3. The number of hydrogen-bond acceptors (Lipinski definition) is 2. The molecule has 1 saturated carbocycles. The van der Waals surface area contributed by atoms with E-state index >= 15 is 0 Å². The van der Waals surface area contributed by atoms with Crippen LogP contribution in [-0.4, -0.2) is 12.6 Å². The standard InChI is InChI=1S/C12H20O2/c1-9-4-6-12(7-5-9)10(2)8-14-11(3)13/h9,12H,2,4-8H2,1,3H3. The number of carbonyl (C=O) groups is 1. The molecule has 0 heterocycles. The van der Waals surface area contributed by atoms with Crippen molar-refractivity contribution in [2.75, 3.05) is 6.61 Å². The van der Waals surface area contributed by atoms with Gasteiger partial charge in [0.2, 0.25) is 0 Å². The van der Waals surface area contributed by atoms with Crippen LogP contribution in [0.15, 0.2) is 12.2 Å². The number of esters is 1. The average Bonchev–Trinajstić information content (AvgIpc) is 2.15. The predicted molar refractivity (Wildman–Crippen MR) is 56.9 cm³/mol. The summed E-state index contributed by atoms with van der Waals surface area (Å²) in [6.07, 6.45) is 4.98. The maximum atomic E-state index is 10.6. The minimum atomic E-state index is -0.213. The molecule has 0 radical (unpaired) electrons. The van der Waals surface area contributed by atoms with Gasteiger partial charge in [-0.15, -0.1) is 0 Å². The van der Waals surface area contributed by atoms with Gasteiger partial charge in [-0.3, -0.25) is 4.79 Å². The molecule has 1 fully saturated rings.